The van der Waals surface area contributed by atoms with E-state index >= 15 is 0 Å². The Morgan fingerprint density at radius 3 is 2.92 bits per heavy atom. The highest BCUT2D eigenvalue weighted by molar-refractivity contribution is 4.95. The van der Waals surface area contributed by atoms with Crippen LogP contribution in [0.3, 0.4) is 0 Å². The SMILES string of the molecule is C=C(OCC)C1NC(CC)CO1. The fourth-order valence-corrected chi connectivity index (χ4v) is 1.21. The quantitative estimate of drug-likeness (QED) is 0.646. The monoisotopic (exact) mass is 171 g/mol. The van der Waals surface area contributed by atoms with Gasteiger partial charge in [-0.1, -0.05) is 13.5 Å². The summed E-state index contributed by atoms with van der Waals surface area (Å²) in [4.78, 5) is 0. The molecular formula is C9H17NO2. The summed E-state index contributed by atoms with van der Waals surface area (Å²) < 4.78 is 10.7. The maximum Gasteiger partial charge on any atom is 0.166 e. The van der Waals surface area contributed by atoms with Crippen molar-refractivity contribution in [1.82, 2.24) is 5.32 Å². The number of ether oxygens (including phenoxy) is 2. The molecule has 70 valence electrons. The minimum atomic E-state index is -0.102. The predicted octanol–water partition coefficient (Wildman–Crippen LogP) is 1.26. The van der Waals surface area contributed by atoms with Crippen molar-refractivity contribution < 1.29 is 9.47 Å². The first-order valence-electron chi connectivity index (χ1n) is 4.47. The summed E-state index contributed by atoms with van der Waals surface area (Å²) in [6.45, 7) is 9.27. The molecule has 3 nitrogen and oxygen atoms in total. The lowest BCUT2D eigenvalue weighted by molar-refractivity contribution is 0.0669. The molecule has 1 saturated heterocycles. The van der Waals surface area contributed by atoms with E-state index in [1.807, 2.05) is 6.92 Å². The van der Waals surface area contributed by atoms with E-state index in [-0.39, 0.29) is 6.23 Å². The van der Waals surface area contributed by atoms with Gasteiger partial charge < -0.3 is 9.47 Å². The van der Waals surface area contributed by atoms with Crippen molar-refractivity contribution >= 4 is 0 Å². The molecule has 0 amide bonds. The molecule has 2 atom stereocenters. The molecule has 1 aliphatic rings. The summed E-state index contributed by atoms with van der Waals surface area (Å²) in [7, 11) is 0. The highest BCUT2D eigenvalue weighted by Gasteiger charge is 2.25. The van der Waals surface area contributed by atoms with Crippen LogP contribution < -0.4 is 5.32 Å². The van der Waals surface area contributed by atoms with E-state index in [1.54, 1.807) is 0 Å². The maximum atomic E-state index is 5.44. The van der Waals surface area contributed by atoms with E-state index < -0.39 is 0 Å². The number of nitrogens with one attached hydrogen (secondary N) is 1. The van der Waals surface area contributed by atoms with E-state index in [0.717, 1.165) is 13.0 Å². The molecule has 12 heavy (non-hydrogen) atoms. The molecule has 1 heterocycles. The first kappa shape index (κ1) is 9.55. The van der Waals surface area contributed by atoms with Crippen molar-refractivity contribution in [2.45, 2.75) is 32.5 Å². The summed E-state index contributed by atoms with van der Waals surface area (Å²) in [5.74, 6) is 0.688. The van der Waals surface area contributed by atoms with Crippen LogP contribution in [0.15, 0.2) is 12.3 Å². The van der Waals surface area contributed by atoms with Crippen molar-refractivity contribution in [2.75, 3.05) is 13.2 Å². The highest BCUT2D eigenvalue weighted by atomic mass is 16.6. The van der Waals surface area contributed by atoms with Crippen LogP contribution in [0.5, 0.6) is 0 Å². The van der Waals surface area contributed by atoms with Crippen LogP contribution in [0.4, 0.5) is 0 Å². The van der Waals surface area contributed by atoms with Crippen LogP contribution in [-0.4, -0.2) is 25.5 Å². The first-order chi connectivity index (χ1) is 5.77. The third-order valence-electron chi connectivity index (χ3n) is 1.97. The second-order valence-electron chi connectivity index (χ2n) is 2.88. The Bertz CT molecular complexity index is 159. The van der Waals surface area contributed by atoms with Crippen molar-refractivity contribution in [3.8, 4) is 0 Å². The molecule has 0 saturated carbocycles. The van der Waals surface area contributed by atoms with Gasteiger partial charge in [0, 0.05) is 6.04 Å². The number of hydrogen-bond acceptors (Lipinski definition) is 3. The lowest BCUT2D eigenvalue weighted by atomic mass is 10.2. The van der Waals surface area contributed by atoms with E-state index in [0.29, 0.717) is 18.4 Å². The summed E-state index contributed by atoms with van der Waals surface area (Å²) in [5.41, 5.74) is 0. The zero-order valence-corrected chi connectivity index (χ0v) is 7.80. The summed E-state index contributed by atoms with van der Waals surface area (Å²) in [6, 6.07) is 0.451. The molecule has 0 radical (unpaired) electrons. The third kappa shape index (κ3) is 2.22. The average molecular weight is 171 g/mol. The van der Waals surface area contributed by atoms with Gasteiger partial charge in [0.05, 0.1) is 13.2 Å². The Kier molecular flexibility index (Phi) is 3.56. The molecule has 0 aromatic rings. The molecule has 0 spiro atoms. The zero-order valence-electron chi connectivity index (χ0n) is 7.80. The van der Waals surface area contributed by atoms with Crippen molar-refractivity contribution in [3.05, 3.63) is 12.3 Å². The Hall–Kier alpha value is -0.540. The van der Waals surface area contributed by atoms with Gasteiger partial charge in [0.25, 0.3) is 0 Å². The molecule has 0 aromatic heterocycles. The fraction of sp³-hybridized carbons (Fsp3) is 0.778. The second-order valence-corrected chi connectivity index (χ2v) is 2.88. The summed E-state index contributed by atoms with van der Waals surface area (Å²) >= 11 is 0. The van der Waals surface area contributed by atoms with Gasteiger partial charge in [0.1, 0.15) is 5.76 Å². The van der Waals surface area contributed by atoms with Crippen molar-refractivity contribution in [3.63, 3.8) is 0 Å². The van der Waals surface area contributed by atoms with E-state index in [4.69, 9.17) is 9.47 Å². The summed E-state index contributed by atoms with van der Waals surface area (Å²) in [6.07, 6.45) is 0.977. The number of rotatable bonds is 4. The molecule has 2 unspecified atom stereocenters. The van der Waals surface area contributed by atoms with Crippen LogP contribution in [0.2, 0.25) is 0 Å². The zero-order chi connectivity index (χ0) is 8.97. The van der Waals surface area contributed by atoms with Gasteiger partial charge in [-0.2, -0.15) is 0 Å². The minimum absolute atomic E-state index is 0.102. The minimum Gasteiger partial charge on any atom is -0.495 e. The van der Waals surface area contributed by atoms with Gasteiger partial charge in [-0.15, -0.1) is 0 Å². The Balaban J connectivity index is 2.31. The van der Waals surface area contributed by atoms with Crippen LogP contribution in [0, 0.1) is 0 Å². The lowest BCUT2D eigenvalue weighted by Gasteiger charge is -2.14. The Morgan fingerprint density at radius 2 is 2.42 bits per heavy atom. The molecule has 0 aliphatic carbocycles. The fourth-order valence-electron chi connectivity index (χ4n) is 1.21. The van der Waals surface area contributed by atoms with Crippen LogP contribution in [0.1, 0.15) is 20.3 Å². The standard InChI is InChI=1S/C9H17NO2/c1-4-8-6-12-9(10-8)7(3)11-5-2/h8-10H,3-6H2,1-2H3. The molecular weight excluding hydrogens is 154 g/mol. The molecule has 1 fully saturated rings. The Morgan fingerprint density at radius 1 is 1.67 bits per heavy atom. The first-order valence-corrected chi connectivity index (χ1v) is 4.47. The van der Waals surface area contributed by atoms with Gasteiger partial charge in [-0.3, -0.25) is 5.32 Å². The molecule has 0 aromatic carbocycles. The Labute approximate surface area is 73.7 Å². The number of hydrogen-bond donors (Lipinski definition) is 1. The highest BCUT2D eigenvalue weighted by Crippen LogP contribution is 2.12. The van der Waals surface area contributed by atoms with Gasteiger partial charge in [-0.05, 0) is 13.3 Å². The van der Waals surface area contributed by atoms with Crippen molar-refractivity contribution in [1.29, 1.82) is 0 Å². The van der Waals surface area contributed by atoms with E-state index in [2.05, 4.69) is 18.8 Å². The van der Waals surface area contributed by atoms with Crippen molar-refractivity contribution in [2.24, 2.45) is 0 Å². The van der Waals surface area contributed by atoms with Gasteiger partial charge in [0.15, 0.2) is 6.23 Å². The van der Waals surface area contributed by atoms with E-state index in [9.17, 15) is 0 Å². The lowest BCUT2D eigenvalue weighted by Crippen LogP contribution is -2.31. The van der Waals surface area contributed by atoms with E-state index in [1.165, 1.54) is 0 Å². The molecule has 0 bridgehead atoms. The molecule has 3 heteroatoms. The molecule has 1 aliphatic heterocycles. The topological polar surface area (TPSA) is 30.5 Å². The van der Waals surface area contributed by atoms with Crippen LogP contribution in [-0.2, 0) is 9.47 Å². The molecule has 1 N–H and O–H groups in total. The van der Waals surface area contributed by atoms with Crippen LogP contribution >= 0.6 is 0 Å². The second kappa shape index (κ2) is 4.48. The van der Waals surface area contributed by atoms with Gasteiger partial charge >= 0.3 is 0 Å². The average Bonchev–Trinajstić information content (AvgIpc) is 2.52. The predicted molar refractivity (Wildman–Crippen MR) is 47.7 cm³/mol. The third-order valence-corrected chi connectivity index (χ3v) is 1.97. The van der Waals surface area contributed by atoms with Crippen LogP contribution in [0.25, 0.3) is 0 Å². The molecule has 1 rings (SSSR count). The largest absolute Gasteiger partial charge is 0.495 e. The smallest absolute Gasteiger partial charge is 0.166 e. The van der Waals surface area contributed by atoms with Gasteiger partial charge in [-0.25, -0.2) is 0 Å². The maximum absolute atomic E-state index is 5.44. The summed E-state index contributed by atoms with van der Waals surface area (Å²) in [5, 5.41) is 3.28. The normalized spacial score (nSPS) is 28.8. The van der Waals surface area contributed by atoms with Gasteiger partial charge in [0.2, 0.25) is 0 Å².